The molecule has 15 heavy (non-hydrogen) atoms. The number of nitrogens with one attached hydrogen (secondary N) is 1. The highest BCUT2D eigenvalue weighted by Gasteiger charge is 2.28. The lowest BCUT2D eigenvalue weighted by Gasteiger charge is -2.31. The van der Waals surface area contributed by atoms with Gasteiger partial charge in [-0.15, -0.1) is 0 Å². The Hall–Kier alpha value is -1.35. The average Bonchev–Trinajstić information content (AvgIpc) is 2.30. The normalized spacial score (nSPS) is 26.1. The Morgan fingerprint density at radius 1 is 1.33 bits per heavy atom. The summed E-state index contributed by atoms with van der Waals surface area (Å²) in [6.07, 6.45) is 0.552. The quantitative estimate of drug-likeness (QED) is 0.751. The van der Waals surface area contributed by atoms with Crippen LogP contribution in [-0.4, -0.2) is 19.0 Å². The Bertz CT molecular complexity index is 337. The topological polar surface area (TPSA) is 55.1 Å². The molecule has 1 heterocycles. The van der Waals surface area contributed by atoms with Crippen LogP contribution in [0.1, 0.15) is 17.9 Å². The van der Waals surface area contributed by atoms with Gasteiger partial charge in [0, 0.05) is 18.9 Å². The van der Waals surface area contributed by atoms with E-state index in [1.165, 1.54) is 5.56 Å². The van der Waals surface area contributed by atoms with Crippen LogP contribution in [0.15, 0.2) is 30.3 Å². The first kappa shape index (κ1) is 10.2. The van der Waals surface area contributed by atoms with Gasteiger partial charge in [-0.25, -0.2) is 0 Å². The first-order valence-corrected chi connectivity index (χ1v) is 5.33. The second-order valence-electron chi connectivity index (χ2n) is 4.02. The molecule has 80 valence electrons. The molecule has 0 aromatic heterocycles. The number of benzene rings is 1. The third-order valence-corrected chi connectivity index (χ3v) is 3.07. The molecule has 1 aromatic carbocycles. The zero-order chi connectivity index (χ0) is 10.7. The molecule has 3 N–H and O–H groups in total. The molecule has 0 radical (unpaired) electrons. The van der Waals surface area contributed by atoms with Crippen molar-refractivity contribution >= 4 is 5.91 Å². The third kappa shape index (κ3) is 2.18. The number of amides is 1. The van der Waals surface area contributed by atoms with Crippen LogP contribution in [-0.2, 0) is 4.79 Å². The molecule has 0 spiro atoms. The van der Waals surface area contributed by atoms with Crippen LogP contribution < -0.4 is 11.1 Å². The molecule has 3 nitrogen and oxygen atoms in total. The summed E-state index contributed by atoms with van der Waals surface area (Å²) in [7, 11) is 0. The largest absolute Gasteiger partial charge is 0.355 e. The fourth-order valence-corrected chi connectivity index (χ4v) is 2.18. The van der Waals surface area contributed by atoms with E-state index in [-0.39, 0.29) is 11.8 Å². The van der Waals surface area contributed by atoms with Gasteiger partial charge in [0.15, 0.2) is 0 Å². The molecule has 2 rings (SSSR count). The van der Waals surface area contributed by atoms with Crippen LogP contribution in [0, 0.1) is 5.92 Å². The highest BCUT2D eigenvalue weighted by molar-refractivity contribution is 5.77. The van der Waals surface area contributed by atoms with Gasteiger partial charge in [0.1, 0.15) is 0 Å². The number of rotatable bonds is 2. The first-order valence-electron chi connectivity index (χ1n) is 5.33. The second kappa shape index (κ2) is 4.45. The zero-order valence-corrected chi connectivity index (χ0v) is 8.65. The molecule has 1 aliphatic heterocycles. The van der Waals surface area contributed by atoms with Gasteiger partial charge >= 0.3 is 0 Å². The summed E-state index contributed by atoms with van der Waals surface area (Å²) in [6, 6.07) is 10.3. The lowest BCUT2D eigenvalue weighted by molar-refractivity contribution is -0.123. The summed E-state index contributed by atoms with van der Waals surface area (Å²) in [6.45, 7) is 1.29. The van der Waals surface area contributed by atoms with Crippen LogP contribution in [0.5, 0.6) is 0 Å². The van der Waals surface area contributed by atoms with Gasteiger partial charge < -0.3 is 11.1 Å². The number of carbonyl (C=O) groups excluding carboxylic acids is 1. The Morgan fingerprint density at radius 3 is 2.73 bits per heavy atom. The number of carbonyl (C=O) groups is 1. The van der Waals surface area contributed by atoms with E-state index in [0.717, 1.165) is 0 Å². The molecule has 1 amide bonds. The van der Waals surface area contributed by atoms with Gasteiger partial charge in [-0.1, -0.05) is 30.3 Å². The highest BCUT2D eigenvalue weighted by Crippen LogP contribution is 2.28. The summed E-state index contributed by atoms with van der Waals surface area (Å²) in [5, 5.41) is 2.90. The molecular formula is C12H16N2O. The maximum Gasteiger partial charge on any atom is 0.220 e. The molecule has 0 saturated carbocycles. The predicted octanol–water partition coefficient (Wildman–Crippen LogP) is 0.865. The van der Waals surface area contributed by atoms with E-state index in [4.69, 9.17) is 5.73 Å². The molecule has 0 aliphatic carbocycles. The fraction of sp³-hybridized carbons (Fsp3) is 0.417. The van der Waals surface area contributed by atoms with Crippen LogP contribution in [0.4, 0.5) is 0 Å². The number of hydrogen-bond donors (Lipinski definition) is 2. The lowest BCUT2D eigenvalue weighted by atomic mass is 9.81. The van der Waals surface area contributed by atoms with Crippen molar-refractivity contribution in [3.05, 3.63) is 35.9 Å². The van der Waals surface area contributed by atoms with Crippen LogP contribution in [0.2, 0.25) is 0 Å². The lowest BCUT2D eigenvalue weighted by Crippen LogP contribution is -2.42. The fourth-order valence-electron chi connectivity index (χ4n) is 2.18. The molecular weight excluding hydrogens is 188 g/mol. The van der Waals surface area contributed by atoms with Gasteiger partial charge in [-0.2, -0.15) is 0 Å². The van der Waals surface area contributed by atoms with Crippen molar-refractivity contribution in [1.82, 2.24) is 5.32 Å². The maximum absolute atomic E-state index is 11.2. The van der Waals surface area contributed by atoms with E-state index >= 15 is 0 Å². The average molecular weight is 204 g/mol. The Balaban J connectivity index is 2.17. The van der Waals surface area contributed by atoms with Crippen LogP contribution >= 0.6 is 0 Å². The van der Waals surface area contributed by atoms with Gasteiger partial charge in [-0.3, -0.25) is 4.79 Å². The van der Waals surface area contributed by atoms with Gasteiger partial charge in [0.2, 0.25) is 5.91 Å². The van der Waals surface area contributed by atoms with E-state index in [9.17, 15) is 4.79 Å². The summed E-state index contributed by atoms with van der Waals surface area (Å²) in [4.78, 5) is 11.2. The van der Waals surface area contributed by atoms with E-state index in [2.05, 4.69) is 17.4 Å². The van der Waals surface area contributed by atoms with Crippen molar-refractivity contribution in [2.24, 2.45) is 11.7 Å². The number of nitrogens with two attached hydrogens (primary N) is 1. The second-order valence-corrected chi connectivity index (χ2v) is 4.02. The SMILES string of the molecule is NCC1CC(=O)NCC1c1ccccc1. The summed E-state index contributed by atoms with van der Waals surface area (Å²) >= 11 is 0. The van der Waals surface area contributed by atoms with E-state index in [1.54, 1.807) is 0 Å². The molecule has 3 heteroatoms. The Labute approximate surface area is 89.7 Å². The number of hydrogen-bond acceptors (Lipinski definition) is 2. The van der Waals surface area contributed by atoms with Crippen molar-refractivity contribution in [2.45, 2.75) is 12.3 Å². The Morgan fingerprint density at radius 2 is 2.07 bits per heavy atom. The Kier molecular flexibility index (Phi) is 3.02. The van der Waals surface area contributed by atoms with Crippen molar-refractivity contribution in [3.63, 3.8) is 0 Å². The third-order valence-electron chi connectivity index (χ3n) is 3.07. The molecule has 1 aliphatic rings. The van der Waals surface area contributed by atoms with Crippen molar-refractivity contribution in [2.75, 3.05) is 13.1 Å². The molecule has 1 aromatic rings. The highest BCUT2D eigenvalue weighted by atomic mass is 16.1. The smallest absolute Gasteiger partial charge is 0.220 e. The summed E-state index contributed by atoms with van der Waals surface area (Å²) in [5.74, 6) is 0.771. The minimum Gasteiger partial charge on any atom is -0.355 e. The zero-order valence-electron chi connectivity index (χ0n) is 8.65. The molecule has 0 bridgehead atoms. The monoisotopic (exact) mass is 204 g/mol. The molecule has 1 saturated heterocycles. The maximum atomic E-state index is 11.2. The predicted molar refractivity (Wildman–Crippen MR) is 59.4 cm³/mol. The van der Waals surface area contributed by atoms with Crippen molar-refractivity contribution in [1.29, 1.82) is 0 Å². The minimum absolute atomic E-state index is 0.123. The summed E-state index contributed by atoms with van der Waals surface area (Å²) < 4.78 is 0. The summed E-state index contributed by atoms with van der Waals surface area (Å²) in [5.41, 5.74) is 6.98. The van der Waals surface area contributed by atoms with Gasteiger partial charge in [0.05, 0.1) is 0 Å². The standard InChI is InChI=1S/C12H16N2O/c13-7-10-6-12(15)14-8-11(10)9-4-2-1-3-5-9/h1-5,10-11H,6-8,13H2,(H,14,15). The minimum atomic E-state index is 0.123. The van der Waals surface area contributed by atoms with E-state index < -0.39 is 0 Å². The van der Waals surface area contributed by atoms with Crippen molar-refractivity contribution in [3.8, 4) is 0 Å². The van der Waals surface area contributed by atoms with E-state index in [0.29, 0.717) is 25.4 Å². The molecule has 2 atom stereocenters. The van der Waals surface area contributed by atoms with Gasteiger partial charge in [0.25, 0.3) is 0 Å². The molecule has 1 fully saturated rings. The number of piperidine rings is 1. The van der Waals surface area contributed by atoms with Crippen LogP contribution in [0.3, 0.4) is 0 Å². The molecule has 2 unspecified atom stereocenters. The first-order chi connectivity index (χ1) is 7.31. The van der Waals surface area contributed by atoms with Crippen molar-refractivity contribution < 1.29 is 4.79 Å². The van der Waals surface area contributed by atoms with E-state index in [1.807, 2.05) is 18.2 Å². The van der Waals surface area contributed by atoms with Gasteiger partial charge in [-0.05, 0) is 18.0 Å². The van der Waals surface area contributed by atoms with Crippen LogP contribution in [0.25, 0.3) is 0 Å².